The molecule has 0 saturated carbocycles. The van der Waals surface area contributed by atoms with Gasteiger partial charge in [0, 0.05) is 24.8 Å². The van der Waals surface area contributed by atoms with E-state index in [2.05, 4.69) is 5.32 Å². The van der Waals surface area contributed by atoms with Gasteiger partial charge in [-0.15, -0.1) is 0 Å². The summed E-state index contributed by atoms with van der Waals surface area (Å²) in [4.78, 5) is 37.7. The van der Waals surface area contributed by atoms with Crippen molar-refractivity contribution in [2.75, 3.05) is 16.8 Å². The summed E-state index contributed by atoms with van der Waals surface area (Å²) in [5, 5.41) is 2.60. The standard InChI is InChI=1S/C20H22N2O4/c1-4-22(18-11-6-5-7-12-18)19(24)14(2)26-20(25)16-9-8-10-17(13-16)21-15(3)23/h5-14H,4H2,1-3H3,(H,21,23)/t14-/m1/s1. The number of rotatable bonds is 6. The molecule has 0 saturated heterocycles. The zero-order chi connectivity index (χ0) is 19.1. The Kier molecular flexibility index (Phi) is 6.49. The molecular weight excluding hydrogens is 332 g/mol. The third kappa shape index (κ3) is 4.92. The molecule has 2 aromatic carbocycles. The van der Waals surface area contributed by atoms with Gasteiger partial charge in [-0.25, -0.2) is 4.79 Å². The first-order valence-corrected chi connectivity index (χ1v) is 8.37. The van der Waals surface area contributed by atoms with Crippen LogP contribution >= 0.6 is 0 Å². The molecule has 0 fully saturated rings. The zero-order valence-electron chi connectivity index (χ0n) is 15.1. The second-order valence-corrected chi connectivity index (χ2v) is 5.73. The molecule has 6 heteroatoms. The molecule has 2 amide bonds. The van der Waals surface area contributed by atoms with Crippen LogP contribution in [0.1, 0.15) is 31.1 Å². The number of carbonyl (C=O) groups is 3. The van der Waals surface area contributed by atoms with Crippen LogP contribution in [0.3, 0.4) is 0 Å². The van der Waals surface area contributed by atoms with Crippen molar-refractivity contribution in [2.45, 2.75) is 26.9 Å². The molecule has 0 bridgehead atoms. The van der Waals surface area contributed by atoms with Crippen LogP contribution in [0.4, 0.5) is 11.4 Å². The molecule has 6 nitrogen and oxygen atoms in total. The fraction of sp³-hybridized carbons (Fsp3) is 0.250. The van der Waals surface area contributed by atoms with E-state index in [1.807, 2.05) is 37.3 Å². The van der Waals surface area contributed by atoms with Crippen molar-refractivity contribution in [3.63, 3.8) is 0 Å². The van der Waals surface area contributed by atoms with Gasteiger partial charge in [0.05, 0.1) is 5.56 Å². The minimum absolute atomic E-state index is 0.236. The van der Waals surface area contributed by atoms with Crippen molar-refractivity contribution < 1.29 is 19.1 Å². The number of nitrogens with one attached hydrogen (secondary N) is 1. The highest BCUT2D eigenvalue weighted by Gasteiger charge is 2.24. The Labute approximate surface area is 152 Å². The molecule has 2 rings (SSSR count). The van der Waals surface area contributed by atoms with Gasteiger partial charge in [-0.1, -0.05) is 24.3 Å². The van der Waals surface area contributed by atoms with Gasteiger partial charge in [0.2, 0.25) is 5.91 Å². The van der Waals surface area contributed by atoms with Crippen LogP contribution < -0.4 is 10.2 Å². The number of esters is 1. The Morgan fingerprint density at radius 1 is 1.08 bits per heavy atom. The van der Waals surface area contributed by atoms with E-state index in [0.29, 0.717) is 12.2 Å². The molecule has 0 heterocycles. The predicted octanol–water partition coefficient (Wildman–Crippen LogP) is 3.24. The third-order valence-electron chi connectivity index (χ3n) is 3.70. The maximum Gasteiger partial charge on any atom is 0.338 e. The first kappa shape index (κ1) is 19.2. The molecule has 136 valence electrons. The Balaban J connectivity index is 2.08. The lowest BCUT2D eigenvalue weighted by atomic mass is 10.2. The van der Waals surface area contributed by atoms with Crippen molar-refractivity contribution in [1.82, 2.24) is 0 Å². The SMILES string of the molecule is CCN(C(=O)[C@@H](C)OC(=O)c1cccc(NC(C)=O)c1)c1ccccc1. The van der Waals surface area contributed by atoms with E-state index >= 15 is 0 Å². The molecule has 0 aromatic heterocycles. The Morgan fingerprint density at radius 3 is 2.38 bits per heavy atom. The molecule has 0 aliphatic carbocycles. The van der Waals surface area contributed by atoms with Gasteiger partial charge in [0.15, 0.2) is 6.10 Å². The third-order valence-corrected chi connectivity index (χ3v) is 3.70. The quantitative estimate of drug-likeness (QED) is 0.808. The summed E-state index contributed by atoms with van der Waals surface area (Å²) in [5.74, 6) is -1.16. The molecule has 1 N–H and O–H groups in total. The second-order valence-electron chi connectivity index (χ2n) is 5.73. The lowest BCUT2D eigenvalue weighted by Gasteiger charge is -2.24. The summed E-state index contributed by atoms with van der Waals surface area (Å²) in [6, 6.07) is 15.6. The van der Waals surface area contributed by atoms with Gasteiger partial charge >= 0.3 is 5.97 Å². The minimum atomic E-state index is -0.938. The van der Waals surface area contributed by atoms with Crippen molar-refractivity contribution in [1.29, 1.82) is 0 Å². The van der Waals surface area contributed by atoms with Crippen LogP contribution in [0, 0.1) is 0 Å². The van der Waals surface area contributed by atoms with Crippen molar-refractivity contribution in [3.05, 3.63) is 60.2 Å². The monoisotopic (exact) mass is 354 g/mol. The fourth-order valence-electron chi connectivity index (χ4n) is 2.50. The van der Waals surface area contributed by atoms with Gasteiger partial charge in [-0.3, -0.25) is 9.59 Å². The van der Waals surface area contributed by atoms with Crippen LogP contribution in [0.2, 0.25) is 0 Å². The molecule has 0 unspecified atom stereocenters. The van der Waals surface area contributed by atoms with Crippen LogP contribution in [0.5, 0.6) is 0 Å². The Bertz CT molecular complexity index is 789. The van der Waals surface area contributed by atoms with Gasteiger partial charge in [-0.05, 0) is 44.2 Å². The summed E-state index contributed by atoms with van der Waals surface area (Å²) in [7, 11) is 0. The highest BCUT2D eigenvalue weighted by atomic mass is 16.5. The fourth-order valence-corrected chi connectivity index (χ4v) is 2.50. The second kappa shape index (κ2) is 8.80. The van der Waals surface area contributed by atoms with E-state index in [9.17, 15) is 14.4 Å². The van der Waals surface area contributed by atoms with Gasteiger partial charge in [0.25, 0.3) is 5.91 Å². The summed E-state index contributed by atoms with van der Waals surface area (Å²) in [6.07, 6.45) is -0.938. The largest absolute Gasteiger partial charge is 0.449 e. The van der Waals surface area contributed by atoms with Crippen molar-refractivity contribution in [3.8, 4) is 0 Å². The number of likely N-dealkylation sites (N-methyl/N-ethyl adjacent to an activating group) is 1. The number of benzene rings is 2. The molecule has 26 heavy (non-hydrogen) atoms. The molecule has 2 aromatic rings. The number of hydrogen-bond acceptors (Lipinski definition) is 4. The van der Waals surface area contributed by atoms with Crippen molar-refractivity contribution >= 4 is 29.2 Å². The zero-order valence-corrected chi connectivity index (χ0v) is 15.1. The molecule has 0 aliphatic rings. The first-order valence-electron chi connectivity index (χ1n) is 8.37. The van der Waals surface area contributed by atoms with E-state index in [-0.39, 0.29) is 17.4 Å². The lowest BCUT2D eigenvalue weighted by Crippen LogP contribution is -2.40. The van der Waals surface area contributed by atoms with Crippen LogP contribution in [0.25, 0.3) is 0 Å². The molecule has 0 aliphatic heterocycles. The number of amides is 2. The van der Waals surface area contributed by atoms with E-state index in [1.165, 1.54) is 13.0 Å². The number of ether oxygens (including phenoxy) is 1. The van der Waals surface area contributed by atoms with Gasteiger partial charge in [0.1, 0.15) is 0 Å². The van der Waals surface area contributed by atoms with Crippen LogP contribution in [-0.4, -0.2) is 30.4 Å². The Hall–Kier alpha value is -3.15. The average molecular weight is 354 g/mol. The van der Waals surface area contributed by atoms with Gasteiger partial charge in [-0.2, -0.15) is 0 Å². The maximum absolute atomic E-state index is 12.6. The molecule has 1 atom stereocenters. The first-order chi connectivity index (χ1) is 12.4. The maximum atomic E-state index is 12.6. The number of anilines is 2. The number of para-hydroxylation sites is 1. The predicted molar refractivity (Wildman–Crippen MR) is 100 cm³/mol. The number of carbonyl (C=O) groups excluding carboxylic acids is 3. The minimum Gasteiger partial charge on any atom is -0.449 e. The van der Waals surface area contributed by atoms with Crippen molar-refractivity contribution in [2.24, 2.45) is 0 Å². The molecule has 0 spiro atoms. The van der Waals surface area contributed by atoms with Gasteiger partial charge < -0.3 is 15.0 Å². The van der Waals surface area contributed by atoms with E-state index in [0.717, 1.165) is 5.69 Å². The summed E-state index contributed by atoms with van der Waals surface area (Å²) < 4.78 is 5.32. The molecular formula is C20H22N2O4. The van der Waals surface area contributed by atoms with Crippen LogP contribution in [-0.2, 0) is 14.3 Å². The number of hydrogen-bond donors (Lipinski definition) is 1. The normalized spacial score (nSPS) is 11.3. The Morgan fingerprint density at radius 2 is 1.77 bits per heavy atom. The molecule has 0 radical (unpaired) electrons. The highest BCUT2D eigenvalue weighted by Crippen LogP contribution is 2.17. The van der Waals surface area contributed by atoms with E-state index < -0.39 is 12.1 Å². The van der Waals surface area contributed by atoms with Crippen LogP contribution in [0.15, 0.2) is 54.6 Å². The lowest BCUT2D eigenvalue weighted by molar-refractivity contribution is -0.126. The topological polar surface area (TPSA) is 75.7 Å². The van der Waals surface area contributed by atoms with E-state index in [4.69, 9.17) is 4.74 Å². The van der Waals surface area contributed by atoms with E-state index in [1.54, 1.807) is 30.0 Å². The highest BCUT2D eigenvalue weighted by molar-refractivity contribution is 5.99. The summed E-state index contributed by atoms with van der Waals surface area (Å²) >= 11 is 0. The summed E-state index contributed by atoms with van der Waals surface area (Å²) in [6.45, 7) is 5.25. The smallest absolute Gasteiger partial charge is 0.338 e. The number of nitrogens with zero attached hydrogens (tertiary/aromatic N) is 1. The average Bonchev–Trinajstić information content (AvgIpc) is 2.62. The summed E-state index contributed by atoms with van der Waals surface area (Å²) in [5.41, 5.74) is 1.50.